The van der Waals surface area contributed by atoms with E-state index in [9.17, 15) is 23.2 Å². The second kappa shape index (κ2) is 11.6. The number of carbonyl (C=O) groups excluding carboxylic acids is 1. The minimum atomic E-state index is -4.58. The third kappa shape index (κ3) is 6.55. The SMILES string of the molecule is CN(C)C/C(=C(/C[NH+](C)[O-])C1=CCN(C)N1c1ccc(C#N)cc1)N(C=O)c1cccc(C(F)(F)F)c1. The van der Waals surface area contributed by atoms with Gasteiger partial charge in [-0.2, -0.15) is 18.4 Å². The smallest absolute Gasteiger partial charge is 0.416 e. The number of hydrazine groups is 1. The molecule has 1 N–H and O–H groups in total. The highest BCUT2D eigenvalue weighted by atomic mass is 19.4. The van der Waals surface area contributed by atoms with Gasteiger partial charge in [-0.1, -0.05) is 6.07 Å². The lowest BCUT2D eigenvalue weighted by Gasteiger charge is -2.34. The fourth-order valence-corrected chi connectivity index (χ4v) is 4.15. The number of benzene rings is 2. The Labute approximate surface area is 214 Å². The number of hydroxylamine groups is 2. The van der Waals surface area contributed by atoms with Crippen molar-refractivity contribution in [3.05, 3.63) is 87.9 Å². The summed E-state index contributed by atoms with van der Waals surface area (Å²) in [6.07, 6.45) is -2.21. The molecule has 0 aromatic heterocycles. The molecule has 0 radical (unpaired) electrons. The summed E-state index contributed by atoms with van der Waals surface area (Å²) in [4.78, 5) is 15.4. The van der Waals surface area contributed by atoms with Crippen LogP contribution in [0.2, 0.25) is 0 Å². The van der Waals surface area contributed by atoms with Crippen LogP contribution < -0.4 is 15.0 Å². The first-order valence-corrected chi connectivity index (χ1v) is 11.5. The van der Waals surface area contributed by atoms with Gasteiger partial charge in [-0.15, -0.1) is 0 Å². The second-order valence-electron chi connectivity index (χ2n) is 8.97. The Hall–Kier alpha value is -3.69. The molecular weight excluding hydrogens is 485 g/mol. The monoisotopic (exact) mass is 514 g/mol. The number of alkyl halides is 3. The maximum atomic E-state index is 13.4. The summed E-state index contributed by atoms with van der Waals surface area (Å²) in [6, 6.07) is 13.5. The zero-order chi connectivity index (χ0) is 27.3. The van der Waals surface area contributed by atoms with Gasteiger partial charge in [-0.05, 0) is 62.6 Å². The predicted octanol–water partition coefficient (Wildman–Crippen LogP) is 2.62. The summed E-state index contributed by atoms with van der Waals surface area (Å²) >= 11 is 0. The molecule has 1 heterocycles. The highest BCUT2D eigenvalue weighted by Gasteiger charge is 2.33. The predicted molar refractivity (Wildman–Crippen MR) is 135 cm³/mol. The first-order chi connectivity index (χ1) is 17.5. The van der Waals surface area contributed by atoms with Crippen molar-refractivity contribution in [1.29, 1.82) is 5.26 Å². The Morgan fingerprint density at radius 2 is 1.89 bits per heavy atom. The van der Waals surface area contributed by atoms with Gasteiger partial charge >= 0.3 is 6.18 Å². The number of nitrogens with one attached hydrogen (secondary N) is 1. The van der Waals surface area contributed by atoms with Gasteiger partial charge < -0.3 is 15.2 Å². The van der Waals surface area contributed by atoms with Crippen molar-refractivity contribution in [1.82, 2.24) is 9.91 Å². The van der Waals surface area contributed by atoms with Crippen molar-refractivity contribution in [2.75, 3.05) is 57.7 Å². The van der Waals surface area contributed by atoms with Gasteiger partial charge in [0, 0.05) is 25.8 Å². The summed E-state index contributed by atoms with van der Waals surface area (Å²) in [5, 5.41) is 25.2. The zero-order valence-electron chi connectivity index (χ0n) is 21.1. The maximum absolute atomic E-state index is 13.4. The van der Waals surface area contributed by atoms with E-state index in [2.05, 4.69) is 6.07 Å². The quantitative estimate of drug-likeness (QED) is 0.409. The van der Waals surface area contributed by atoms with Crippen LogP contribution in [0.5, 0.6) is 0 Å². The number of quaternary nitrogens is 1. The van der Waals surface area contributed by atoms with Crippen LogP contribution in [-0.4, -0.2) is 64.1 Å². The van der Waals surface area contributed by atoms with Crippen LogP contribution in [0, 0.1) is 16.5 Å². The molecule has 1 atom stereocenters. The fourth-order valence-electron chi connectivity index (χ4n) is 4.15. The summed E-state index contributed by atoms with van der Waals surface area (Å²) < 4.78 is 40.3. The molecule has 0 saturated heterocycles. The van der Waals surface area contributed by atoms with E-state index in [0.29, 0.717) is 35.5 Å². The van der Waals surface area contributed by atoms with Crippen molar-refractivity contribution in [3.63, 3.8) is 0 Å². The van der Waals surface area contributed by atoms with E-state index in [4.69, 9.17) is 5.26 Å². The Morgan fingerprint density at radius 1 is 1.22 bits per heavy atom. The third-order valence-corrected chi connectivity index (χ3v) is 5.76. The lowest BCUT2D eigenvalue weighted by Crippen LogP contribution is -3.04. The van der Waals surface area contributed by atoms with E-state index in [0.717, 1.165) is 17.8 Å². The van der Waals surface area contributed by atoms with Crippen LogP contribution in [0.3, 0.4) is 0 Å². The third-order valence-electron chi connectivity index (χ3n) is 5.76. The average Bonchev–Trinajstić information content (AvgIpc) is 3.22. The molecule has 1 amide bonds. The molecule has 0 bridgehead atoms. The molecule has 3 rings (SSSR count). The molecule has 0 aliphatic carbocycles. The van der Waals surface area contributed by atoms with Crippen LogP contribution in [0.15, 0.2) is 71.6 Å². The lowest BCUT2D eigenvalue weighted by atomic mass is 10.1. The van der Waals surface area contributed by atoms with Crippen LogP contribution in [-0.2, 0) is 11.0 Å². The fraction of sp³-hybridized carbons (Fsp3) is 0.308. The molecule has 0 spiro atoms. The van der Waals surface area contributed by atoms with Crippen LogP contribution >= 0.6 is 0 Å². The number of carbonyl (C=O) groups is 1. The number of rotatable bonds is 9. The standard InChI is InChI=1S/C26H29F3N6O2/c1-31(2)17-25(34(18-36)22-7-5-6-20(14-22)26(27,28)29)23(16-33(4)37)24-12-13-32(3)35(24)21-10-8-19(15-30)9-11-21/h5-12,14,18,33H,13,16-17H2,1-4H3/b25-23+. The van der Waals surface area contributed by atoms with E-state index < -0.39 is 11.7 Å². The molecule has 8 nitrogen and oxygen atoms in total. The number of anilines is 2. The van der Waals surface area contributed by atoms with E-state index >= 15 is 0 Å². The highest BCUT2D eigenvalue weighted by molar-refractivity contribution is 5.81. The number of amides is 1. The Kier molecular flexibility index (Phi) is 8.73. The number of nitrogens with zero attached hydrogens (tertiary/aromatic N) is 5. The van der Waals surface area contributed by atoms with Crippen molar-refractivity contribution >= 4 is 17.8 Å². The average molecular weight is 515 g/mol. The number of nitriles is 1. The van der Waals surface area contributed by atoms with E-state index in [1.54, 1.807) is 43.3 Å². The van der Waals surface area contributed by atoms with Gasteiger partial charge in [0.1, 0.15) is 6.54 Å². The van der Waals surface area contributed by atoms with Crippen molar-refractivity contribution < 1.29 is 23.0 Å². The van der Waals surface area contributed by atoms with Crippen molar-refractivity contribution in [3.8, 4) is 6.07 Å². The Morgan fingerprint density at radius 3 is 2.43 bits per heavy atom. The van der Waals surface area contributed by atoms with E-state index in [1.165, 1.54) is 24.1 Å². The van der Waals surface area contributed by atoms with Crippen molar-refractivity contribution in [2.24, 2.45) is 0 Å². The van der Waals surface area contributed by atoms with Gasteiger partial charge in [-0.3, -0.25) is 14.7 Å². The summed E-state index contributed by atoms with van der Waals surface area (Å²) in [7, 11) is 6.82. The van der Waals surface area contributed by atoms with Crippen LogP contribution in [0.1, 0.15) is 11.1 Å². The van der Waals surface area contributed by atoms with Gasteiger partial charge in [0.05, 0.1) is 46.9 Å². The van der Waals surface area contributed by atoms with Crippen molar-refractivity contribution in [2.45, 2.75) is 6.18 Å². The Balaban J connectivity index is 2.22. The highest BCUT2D eigenvalue weighted by Crippen LogP contribution is 2.35. The molecule has 2 aromatic rings. The normalized spacial score (nSPS) is 15.8. The molecule has 196 valence electrons. The van der Waals surface area contributed by atoms with Gasteiger partial charge in [0.25, 0.3) is 0 Å². The van der Waals surface area contributed by atoms with Crippen LogP contribution in [0.25, 0.3) is 0 Å². The molecule has 37 heavy (non-hydrogen) atoms. The molecular formula is C26H29F3N6O2. The summed E-state index contributed by atoms with van der Waals surface area (Å²) in [5.41, 5.74) is 1.91. The molecule has 0 fully saturated rings. The molecule has 11 heteroatoms. The zero-order valence-corrected chi connectivity index (χ0v) is 21.1. The number of likely N-dealkylation sites (N-methyl/N-ethyl adjacent to an activating group) is 3. The lowest BCUT2D eigenvalue weighted by molar-refractivity contribution is -0.820. The van der Waals surface area contributed by atoms with Gasteiger partial charge in [-0.25, -0.2) is 5.01 Å². The minimum Gasteiger partial charge on any atom is -0.634 e. The minimum absolute atomic E-state index is 0.0413. The molecule has 1 aliphatic rings. The Bertz CT molecular complexity index is 1220. The topological polar surface area (TPSA) is 81.3 Å². The van der Waals surface area contributed by atoms with E-state index in [1.807, 2.05) is 23.1 Å². The maximum Gasteiger partial charge on any atom is 0.416 e. The van der Waals surface area contributed by atoms with E-state index in [-0.39, 0.29) is 23.8 Å². The first-order valence-electron chi connectivity index (χ1n) is 11.5. The molecule has 1 aliphatic heterocycles. The molecule has 0 saturated carbocycles. The summed E-state index contributed by atoms with van der Waals surface area (Å²) in [6.45, 7) is 0.634. The number of halogens is 3. The largest absolute Gasteiger partial charge is 0.634 e. The second-order valence-corrected chi connectivity index (χ2v) is 8.97. The molecule has 2 aromatic carbocycles. The summed E-state index contributed by atoms with van der Waals surface area (Å²) in [5.74, 6) is 0. The molecule has 1 unspecified atom stereocenters. The number of hydrogen-bond acceptors (Lipinski definition) is 6. The first kappa shape index (κ1) is 27.9. The van der Waals surface area contributed by atoms with Crippen LogP contribution in [0.4, 0.5) is 24.5 Å². The van der Waals surface area contributed by atoms with Gasteiger partial charge in [0.15, 0.2) is 0 Å². The van der Waals surface area contributed by atoms with Gasteiger partial charge in [0.2, 0.25) is 6.41 Å². The number of hydrogen-bond donors (Lipinski definition) is 1.